The minimum Gasteiger partial charge on any atom is -0.368 e. The molecule has 1 heterocycles. The van der Waals surface area contributed by atoms with Gasteiger partial charge in [-0.1, -0.05) is 0 Å². The second-order valence-electron chi connectivity index (χ2n) is 2.91. The quantitative estimate of drug-likeness (QED) is 0.879. The first-order valence-corrected chi connectivity index (χ1v) is 5.36. The fourth-order valence-corrected chi connectivity index (χ4v) is 1.85. The predicted molar refractivity (Wildman–Crippen MR) is 62.3 cm³/mol. The maximum Gasteiger partial charge on any atom is 0.227 e. The summed E-state index contributed by atoms with van der Waals surface area (Å²) in [4.78, 5) is 11.5. The highest BCUT2D eigenvalue weighted by Gasteiger charge is 2.09. The van der Waals surface area contributed by atoms with Gasteiger partial charge < -0.3 is 5.73 Å². The molecule has 0 unspecified atom stereocenters. The van der Waals surface area contributed by atoms with Crippen LogP contribution in [0.2, 0.25) is 5.28 Å². The van der Waals surface area contributed by atoms with Gasteiger partial charge >= 0.3 is 0 Å². The summed E-state index contributed by atoms with van der Waals surface area (Å²) >= 11 is 8.86. The standard InChI is InChI=1S/C9H5BrClFN4/c10-6-3-4(12)1-2-5(6)7-14-8(11)16-9(13)15-7/h1-3H,(H2,13,14,15,16). The first kappa shape index (κ1) is 11.2. The summed E-state index contributed by atoms with van der Waals surface area (Å²) in [7, 11) is 0. The van der Waals surface area contributed by atoms with E-state index >= 15 is 0 Å². The van der Waals surface area contributed by atoms with E-state index in [-0.39, 0.29) is 17.0 Å². The van der Waals surface area contributed by atoms with Crippen LogP contribution in [0.3, 0.4) is 0 Å². The molecule has 0 saturated carbocycles. The number of benzene rings is 1. The molecule has 2 aromatic rings. The zero-order chi connectivity index (χ0) is 11.7. The van der Waals surface area contributed by atoms with Crippen LogP contribution in [0.1, 0.15) is 0 Å². The van der Waals surface area contributed by atoms with Gasteiger partial charge in [-0.25, -0.2) is 4.39 Å². The zero-order valence-electron chi connectivity index (χ0n) is 7.78. The molecule has 0 fully saturated rings. The lowest BCUT2D eigenvalue weighted by atomic mass is 10.2. The Hall–Kier alpha value is -1.27. The number of hydrogen-bond donors (Lipinski definition) is 1. The van der Waals surface area contributed by atoms with Crippen molar-refractivity contribution in [2.45, 2.75) is 0 Å². The summed E-state index contributed by atoms with van der Waals surface area (Å²) in [6.45, 7) is 0. The normalized spacial score (nSPS) is 10.4. The van der Waals surface area contributed by atoms with E-state index in [4.69, 9.17) is 17.3 Å². The molecule has 0 aliphatic rings. The van der Waals surface area contributed by atoms with Crippen LogP contribution in [0.25, 0.3) is 11.4 Å². The predicted octanol–water partition coefficient (Wildman–Crippen LogP) is 2.68. The third-order valence-electron chi connectivity index (χ3n) is 1.80. The maximum absolute atomic E-state index is 12.9. The van der Waals surface area contributed by atoms with E-state index < -0.39 is 0 Å². The van der Waals surface area contributed by atoms with E-state index in [1.807, 2.05) is 0 Å². The Morgan fingerprint density at radius 1 is 1.25 bits per heavy atom. The molecule has 7 heteroatoms. The van der Waals surface area contributed by atoms with E-state index in [2.05, 4.69) is 30.9 Å². The van der Waals surface area contributed by atoms with Crippen molar-refractivity contribution in [3.05, 3.63) is 33.8 Å². The largest absolute Gasteiger partial charge is 0.368 e. The van der Waals surface area contributed by atoms with E-state index in [1.165, 1.54) is 18.2 Å². The second-order valence-corrected chi connectivity index (χ2v) is 4.10. The minimum atomic E-state index is -0.358. The van der Waals surface area contributed by atoms with Gasteiger partial charge in [-0.3, -0.25) is 0 Å². The average Bonchev–Trinajstić information content (AvgIpc) is 2.15. The highest BCUT2D eigenvalue weighted by molar-refractivity contribution is 9.10. The Morgan fingerprint density at radius 3 is 2.62 bits per heavy atom. The molecule has 0 saturated heterocycles. The van der Waals surface area contributed by atoms with Crippen LogP contribution in [-0.2, 0) is 0 Å². The van der Waals surface area contributed by atoms with Crippen LogP contribution >= 0.6 is 27.5 Å². The lowest BCUT2D eigenvalue weighted by molar-refractivity contribution is 0.627. The Bertz CT molecular complexity index is 529. The lowest BCUT2D eigenvalue weighted by Gasteiger charge is -2.03. The number of nitrogens with two attached hydrogens (primary N) is 1. The lowest BCUT2D eigenvalue weighted by Crippen LogP contribution is -2.00. The van der Waals surface area contributed by atoms with Crippen LogP contribution in [-0.4, -0.2) is 15.0 Å². The maximum atomic E-state index is 12.9. The van der Waals surface area contributed by atoms with Crippen LogP contribution in [0.4, 0.5) is 10.3 Å². The molecule has 1 aromatic carbocycles. The van der Waals surface area contributed by atoms with Gasteiger partial charge in [-0.2, -0.15) is 15.0 Å². The Morgan fingerprint density at radius 2 is 2.00 bits per heavy atom. The number of hydrogen-bond acceptors (Lipinski definition) is 4. The topological polar surface area (TPSA) is 64.7 Å². The molecule has 0 radical (unpaired) electrons. The molecule has 0 spiro atoms. The monoisotopic (exact) mass is 302 g/mol. The van der Waals surface area contributed by atoms with Gasteiger partial charge in [0.25, 0.3) is 0 Å². The molecule has 16 heavy (non-hydrogen) atoms. The summed E-state index contributed by atoms with van der Waals surface area (Å²) in [5.41, 5.74) is 6.04. The van der Waals surface area contributed by atoms with Gasteiger partial charge in [0.05, 0.1) is 0 Å². The number of aromatic nitrogens is 3. The fraction of sp³-hybridized carbons (Fsp3) is 0. The van der Waals surface area contributed by atoms with Crippen LogP contribution in [0.15, 0.2) is 22.7 Å². The average molecular weight is 304 g/mol. The van der Waals surface area contributed by atoms with E-state index in [1.54, 1.807) is 0 Å². The first-order chi connectivity index (χ1) is 7.56. The van der Waals surface area contributed by atoms with Crippen molar-refractivity contribution in [1.82, 2.24) is 15.0 Å². The Balaban J connectivity index is 2.58. The Kier molecular flexibility index (Phi) is 3.02. The molecule has 2 N–H and O–H groups in total. The molecule has 2 rings (SSSR count). The highest BCUT2D eigenvalue weighted by atomic mass is 79.9. The van der Waals surface area contributed by atoms with Gasteiger partial charge in [0.1, 0.15) is 5.82 Å². The minimum absolute atomic E-state index is 0.00118. The van der Waals surface area contributed by atoms with E-state index in [9.17, 15) is 4.39 Å². The third kappa shape index (κ3) is 2.28. The van der Waals surface area contributed by atoms with E-state index in [0.717, 1.165) is 0 Å². The van der Waals surface area contributed by atoms with Crippen molar-refractivity contribution in [2.24, 2.45) is 0 Å². The molecule has 0 aliphatic carbocycles. The SMILES string of the molecule is Nc1nc(Cl)nc(-c2ccc(F)cc2Br)n1. The van der Waals surface area contributed by atoms with Gasteiger partial charge in [-0.05, 0) is 45.7 Å². The van der Waals surface area contributed by atoms with Crippen LogP contribution < -0.4 is 5.73 Å². The highest BCUT2D eigenvalue weighted by Crippen LogP contribution is 2.26. The van der Waals surface area contributed by atoms with Gasteiger partial charge in [0.15, 0.2) is 5.82 Å². The van der Waals surface area contributed by atoms with Gasteiger partial charge in [0, 0.05) is 10.0 Å². The summed E-state index contributed by atoms with van der Waals surface area (Å²) in [5.74, 6) is -0.0423. The summed E-state index contributed by atoms with van der Waals surface area (Å²) in [5, 5.41) is -0.00118. The first-order valence-electron chi connectivity index (χ1n) is 4.19. The zero-order valence-corrected chi connectivity index (χ0v) is 10.1. The summed E-state index contributed by atoms with van der Waals surface area (Å²) in [6.07, 6.45) is 0. The number of halogens is 3. The number of nitrogens with zero attached hydrogens (tertiary/aromatic N) is 3. The molecule has 82 valence electrons. The fourth-order valence-electron chi connectivity index (χ4n) is 1.16. The third-order valence-corrected chi connectivity index (χ3v) is 2.62. The van der Waals surface area contributed by atoms with Crippen molar-refractivity contribution in [2.75, 3.05) is 5.73 Å². The number of rotatable bonds is 1. The molecule has 0 aliphatic heterocycles. The van der Waals surface area contributed by atoms with Crippen LogP contribution in [0, 0.1) is 5.82 Å². The van der Waals surface area contributed by atoms with Crippen molar-refractivity contribution in [3.8, 4) is 11.4 Å². The smallest absolute Gasteiger partial charge is 0.227 e. The molecule has 0 atom stereocenters. The van der Waals surface area contributed by atoms with Crippen molar-refractivity contribution >= 4 is 33.5 Å². The van der Waals surface area contributed by atoms with E-state index in [0.29, 0.717) is 15.9 Å². The van der Waals surface area contributed by atoms with Gasteiger partial charge in [0.2, 0.25) is 11.2 Å². The van der Waals surface area contributed by atoms with Crippen molar-refractivity contribution < 1.29 is 4.39 Å². The molecular formula is C9H5BrClFN4. The Labute approximate surface area is 104 Å². The summed E-state index contributed by atoms with van der Waals surface area (Å²) < 4.78 is 13.4. The summed E-state index contributed by atoms with van der Waals surface area (Å²) in [6, 6.07) is 4.14. The molecule has 0 bridgehead atoms. The molecular weight excluding hydrogens is 298 g/mol. The van der Waals surface area contributed by atoms with Crippen LogP contribution in [0.5, 0.6) is 0 Å². The number of anilines is 1. The van der Waals surface area contributed by atoms with Gasteiger partial charge in [-0.15, -0.1) is 0 Å². The number of nitrogen functional groups attached to an aromatic ring is 1. The second kappa shape index (κ2) is 4.31. The molecule has 0 amide bonds. The van der Waals surface area contributed by atoms with Crippen molar-refractivity contribution in [3.63, 3.8) is 0 Å². The van der Waals surface area contributed by atoms with Crippen molar-refractivity contribution in [1.29, 1.82) is 0 Å². The molecule has 4 nitrogen and oxygen atoms in total. The molecule has 1 aromatic heterocycles.